The Kier molecular flexibility index (Phi) is 4.72. The first-order valence-corrected chi connectivity index (χ1v) is 8.99. The second kappa shape index (κ2) is 6.21. The van der Waals surface area contributed by atoms with Crippen molar-refractivity contribution in [3.63, 3.8) is 0 Å². The normalized spacial score (nSPS) is 19.3. The van der Waals surface area contributed by atoms with Gasteiger partial charge in [0.15, 0.2) is 0 Å². The molecule has 8 heteroatoms. The summed E-state index contributed by atoms with van der Waals surface area (Å²) in [6.07, 6.45) is 2.27. The van der Waals surface area contributed by atoms with E-state index in [-0.39, 0.29) is 18.0 Å². The maximum absolute atomic E-state index is 12.2. The van der Waals surface area contributed by atoms with Crippen molar-refractivity contribution in [2.24, 2.45) is 0 Å². The van der Waals surface area contributed by atoms with Crippen LogP contribution in [0.5, 0.6) is 0 Å². The molecule has 1 amide bonds. The van der Waals surface area contributed by atoms with E-state index in [0.29, 0.717) is 24.9 Å². The summed E-state index contributed by atoms with van der Waals surface area (Å²) in [5.74, 6) is -0.359. The lowest BCUT2D eigenvalue weighted by atomic mass is 10.1. The van der Waals surface area contributed by atoms with Gasteiger partial charge in [0.2, 0.25) is 15.9 Å². The first-order valence-electron chi connectivity index (χ1n) is 7.14. The Morgan fingerprint density at radius 2 is 2.14 bits per heavy atom. The van der Waals surface area contributed by atoms with Gasteiger partial charge in [0.1, 0.15) is 6.04 Å². The number of hydrogen-bond donors (Lipinski definition) is 2. The lowest BCUT2D eigenvalue weighted by Crippen LogP contribution is -2.45. The van der Waals surface area contributed by atoms with Gasteiger partial charge < -0.3 is 10.3 Å². The summed E-state index contributed by atoms with van der Waals surface area (Å²) in [5, 5.41) is 2.68. The van der Waals surface area contributed by atoms with Crippen LogP contribution < -0.4 is 10.9 Å². The highest BCUT2D eigenvalue weighted by Gasteiger charge is 2.36. The Hall–Kier alpha value is -1.67. The number of nitrogens with one attached hydrogen (secondary N) is 2. The molecule has 2 rings (SSSR count). The number of carbonyl (C=O) groups excluding carboxylic acids is 1. The van der Waals surface area contributed by atoms with E-state index in [0.717, 1.165) is 17.5 Å². The fourth-order valence-corrected chi connectivity index (χ4v) is 3.92. The largest absolute Gasteiger partial charge is 0.350 e. The van der Waals surface area contributed by atoms with Crippen molar-refractivity contribution in [2.75, 3.05) is 12.8 Å². The molecule has 7 nitrogen and oxygen atoms in total. The van der Waals surface area contributed by atoms with Crippen LogP contribution in [0.1, 0.15) is 29.7 Å². The quantitative estimate of drug-likeness (QED) is 0.815. The molecule has 1 aliphatic rings. The van der Waals surface area contributed by atoms with E-state index in [9.17, 15) is 18.0 Å². The molecule has 0 aliphatic carbocycles. The molecule has 122 valence electrons. The van der Waals surface area contributed by atoms with Crippen LogP contribution in [-0.2, 0) is 21.4 Å². The lowest BCUT2D eigenvalue weighted by Gasteiger charge is -2.21. The predicted molar refractivity (Wildman–Crippen MR) is 83.0 cm³/mol. The predicted octanol–water partition coefficient (Wildman–Crippen LogP) is 0.0319. The lowest BCUT2D eigenvalue weighted by molar-refractivity contribution is -0.124. The monoisotopic (exact) mass is 327 g/mol. The van der Waals surface area contributed by atoms with Crippen LogP contribution in [0.2, 0.25) is 0 Å². The summed E-state index contributed by atoms with van der Waals surface area (Å²) in [6, 6.07) is 1.15. The van der Waals surface area contributed by atoms with Crippen LogP contribution in [0.3, 0.4) is 0 Å². The van der Waals surface area contributed by atoms with Crippen LogP contribution in [0.25, 0.3) is 0 Å². The molecule has 0 spiro atoms. The molecule has 1 aromatic heterocycles. The Balaban J connectivity index is 2.09. The molecule has 22 heavy (non-hydrogen) atoms. The highest BCUT2D eigenvalue weighted by Crippen LogP contribution is 2.20. The number of H-pyrrole nitrogens is 1. The zero-order chi connectivity index (χ0) is 16.5. The number of aromatic amines is 1. The third-order valence-electron chi connectivity index (χ3n) is 3.87. The molecule has 1 aliphatic heterocycles. The van der Waals surface area contributed by atoms with Gasteiger partial charge in [-0.15, -0.1) is 0 Å². The fraction of sp³-hybridized carbons (Fsp3) is 0.571. The highest BCUT2D eigenvalue weighted by atomic mass is 32.2. The maximum atomic E-state index is 12.2. The molecule has 0 bridgehead atoms. The van der Waals surface area contributed by atoms with Gasteiger partial charge in [0, 0.05) is 24.3 Å². The zero-order valence-electron chi connectivity index (χ0n) is 13.0. The van der Waals surface area contributed by atoms with Crippen LogP contribution in [-0.4, -0.2) is 42.5 Å². The van der Waals surface area contributed by atoms with Gasteiger partial charge in [-0.25, -0.2) is 8.42 Å². The molecule has 1 fully saturated rings. The number of aryl methyl sites for hydroxylation is 2. The summed E-state index contributed by atoms with van der Waals surface area (Å²) < 4.78 is 24.5. The molecule has 2 N–H and O–H groups in total. The van der Waals surface area contributed by atoms with Gasteiger partial charge in [0.05, 0.1) is 6.26 Å². The van der Waals surface area contributed by atoms with Gasteiger partial charge in [-0.1, -0.05) is 0 Å². The molecule has 1 aromatic rings. The number of pyridine rings is 1. The topological polar surface area (TPSA) is 99.3 Å². The summed E-state index contributed by atoms with van der Waals surface area (Å²) in [4.78, 5) is 26.8. The Morgan fingerprint density at radius 1 is 1.45 bits per heavy atom. The zero-order valence-corrected chi connectivity index (χ0v) is 13.8. The number of nitrogens with zero attached hydrogens (tertiary/aromatic N) is 1. The van der Waals surface area contributed by atoms with Gasteiger partial charge in [-0.05, 0) is 38.3 Å². The molecule has 2 heterocycles. The van der Waals surface area contributed by atoms with Crippen molar-refractivity contribution in [3.05, 3.63) is 33.2 Å². The summed E-state index contributed by atoms with van der Waals surface area (Å²) >= 11 is 0. The van der Waals surface area contributed by atoms with Crippen molar-refractivity contribution in [3.8, 4) is 0 Å². The van der Waals surface area contributed by atoms with E-state index in [4.69, 9.17) is 0 Å². The average Bonchev–Trinajstić information content (AvgIpc) is 2.86. The Morgan fingerprint density at radius 3 is 2.73 bits per heavy atom. The first kappa shape index (κ1) is 16.7. The molecule has 0 aromatic carbocycles. The third-order valence-corrected chi connectivity index (χ3v) is 5.15. The number of aromatic nitrogens is 1. The Labute approximate surface area is 129 Å². The summed E-state index contributed by atoms with van der Waals surface area (Å²) in [6.45, 7) is 4.05. The van der Waals surface area contributed by atoms with E-state index >= 15 is 0 Å². The van der Waals surface area contributed by atoms with Crippen molar-refractivity contribution < 1.29 is 13.2 Å². The van der Waals surface area contributed by atoms with E-state index in [2.05, 4.69) is 10.3 Å². The van der Waals surface area contributed by atoms with Gasteiger partial charge >= 0.3 is 0 Å². The minimum Gasteiger partial charge on any atom is -0.350 e. The van der Waals surface area contributed by atoms with Crippen molar-refractivity contribution in [1.29, 1.82) is 0 Å². The van der Waals surface area contributed by atoms with Gasteiger partial charge in [-0.3, -0.25) is 9.59 Å². The molecule has 0 saturated carbocycles. The van der Waals surface area contributed by atoms with E-state index in [1.54, 1.807) is 6.92 Å². The maximum Gasteiger partial charge on any atom is 0.253 e. The molecule has 1 atom stereocenters. The van der Waals surface area contributed by atoms with E-state index in [1.165, 1.54) is 4.31 Å². The van der Waals surface area contributed by atoms with E-state index in [1.807, 2.05) is 13.0 Å². The van der Waals surface area contributed by atoms with Gasteiger partial charge in [-0.2, -0.15) is 4.31 Å². The smallest absolute Gasteiger partial charge is 0.253 e. The molecule has 0 radical (unpaired) electrons. The van der Waals surface area contributed by atoms with Crippen LogP contribution >= 0.6 is 0 Å². The molecule has 1 saturated heterocycles. The van der Waals surface area contributed by atoms with Crippen LogP contribution in [0, 0.1) is 13.8 Å². The number of amides is 1. The SMILES string of the molecule is Cc1cc(C)c(CNC(=O)[C@@H]2CCCN2S(C)(=O)=O)c(=O)[nH]1. The first-order chi connectivity index (χ1) is 10.2. The second-order valence-electron chi connectivity index (χ2n) is 5.69. The minimum atomic E-state index is -3.40. The standard InChI is InChI=1S/C14H21N3O4S/c1-9-7-10(2)16-13(18)11(9)8-15-14(19)12-5-4-6-17(12)22(3,20)21/h7,12H,4-6,8H2,1-3H3,(H,15,19)(H,16,18)/t12-/m0/s1. The average molecular weight is 327 g/mol. The number of sulfonamides is 1. The molecular formula is C14H21N3O4S. The number of hydrogen-bond acceptors (Lipinski definition) is 4. The Bertz CT molecular complexity index is 739. The van der Waals surface area contributed by atoms with Crippen molar-refractivity contribution >= 4 is 15.9 Å². The van der Waals surface area contributed by atoms with Crippen molar-refractivity contribution in [2.45, 2.75) is 39.3 Å². The summed E-state index contributed by atoms with van der Waals surface area (Å²) in [7, 11) is -3.40. The second-order valence-corrected chi connectivity index (χ2v) is 7.63. The number of carbonyl (C=O) groups is 1. The van der Waals surface area contributed by atoms with Crippen LogP contribution in [0.4, 0.5) is 0 Å². The van der Waals surface area contributed by atoms with Gasteiger partial charge in [0.25, 0.3) is 5.56 Å². The van der Waals surface area contributed by atoms with E-state index < -0.39 is 16.1 Å². The van der Waals surface area contributed by atoms with Crippen molar-refractivity contribution in [1.82, 2.24) is 14.6 Å². The molecular weight excluding hydrogens is 306 g/mol. The van der Waals surface area contributed by atoms with Crippen LogP contribution in [0.15, 0.2) is 10.9 Å². The number of rotatable bonds is 4. The summed E-state index contributed by atoms with van der Waals surface area (Å²) in [5.41, 5.74) is 1.82. The highest BCUT2D eigenvalue weighted by molar-refractivity contribution is 7.88. The third kappa shape index (κ3) is 3.56. The fourth-order valence-electron chi connectivity index (χ4n) is 2.79. The molecule has 0 unspecified atom stereocenters. The minimum absolute atomic E-state index is 0.0916.